The lowest BCUT2D eigenvalue weighted by Crippen LogP contribution is -2.30. The molecule has 0 aromatic rings. The third-order valence-corrected chi connectivity index (χ3v) is 3.33. The first kappa shape index (κ1) is 18.3. The third kappa shape index (κ3) is 14.4. The second-order valence-corrected chi connectivity index (χ2v) is 4.85. The topological polar surface area (TPSA) is 39.7 Å². The molecule has 1 N–H and O–H groups in total. The van der Waals surface area contributed by atoms with E-state index in [1.54, 1.807) is 0 Å². The van der Waals surface area contributed by atoms with Gasteiger partial charge in [0.1, 0.15) is 0 Å². The predicted molar refractivity (Wildman–Crippen MR) is 78.6 cm³/mol. The molecule has 0 aliphatic rings. The average Bonchev–Trinajstić information content (AvgIpc) is 2.39. The van der Waals surface area contributed by atoms with Crippen molar-refractivity contribution in [3.05, 3.63) is 0 Å². The summed E-state index contributed by atoms with van der Waals surface area (Å²) in [5.74, 6) is 0. The first-order valence-corrected chi connectivity index (χ1v) is 7.96. The van der Waals surface area contributed by atoms with Crippen LogP contribution in [-0.2, 0) is 14.2 Å². The molecule has 0 aromatic heterocycles. The molecule has 0 spiro atoms. The lowest BCUT2D eigenvalue weighted by Gasteiger charge is -2.10. The Balaban J connectivity index is 2.94. The maximum atomic E-state index is 5.43. The molecule has 18 heavy (non-hydrogen) atoms. The maximum absolute atomic E-state index is 5.43. The van der Waals surface area contributed by atoms with Gasteiger partial charge >= 0.3 is 0 Å². The van der Waals surface area contributed by atoms with Crippen molar-refractivity contribution >= 4 is 15.9 Å². The lowest BCUT2D eigenvalue weighted by molar-refractivity contribution is 0.0145. The summed E-state index contributed by atoms with van der Waals surface area (Å²) in [7, 11) is 0. The summed E-state index contributed by atoms with van der Waals surface area (Å²) >= 11 is 3.41. The van der Waals surface area contributed by atoms with Gasteiger partial charge in [-0.25, -0.2) is 0 Å². The molecule has 0 bridgehead atoms. The summed E-state index contributed by atoms with van der Waals surface area (Å²) in [5.41, 5.74) is 0. The first-order chi connectivity index (χ1) is 8.81. The van der Waals surface area contributed by atoms with E-state index < -0.39 is 0 Å². The van der Waals surface area contributed by atoms with Gasteiger partial charge in [0.25, 0.3) is 0 Å². The highest BCUT2D eigenvalue weighted by molar-refractivity contribution is 9.09. The Morgan fingerprint density at radius 1 is 0.944 bits per heavy atom. The van der Waals surface area contributed by atoms with Crippen LogP contribution in [0.15, 0.2) is 0 Å². The van der Waals surface area contributed by atoms with Gasteiger partial charge in [-0.1, -0.05) is 29.3 Å². The fourth-order valence-electron chi connectivity index (χ4n) is 1.22. The van der Waals surface area contributed by atoms with E-state index in [2.05, 4.69) is 35.1 Å². The summed E-state index contributed by atoms with van der Waals surface area (Å²) in [5, 5.41) is 4.30. The Kier molecular flexibility index (Phi) is 15.7. The number of alkyl halides is 1. The van der Waals surface area contributed by atoms with Crippen molar-refractivity contribution in [2.75, 3.05) is 51.5 Å². The molecule has 0 fully saturated rings. The molecule has 0 amide bonds. The predicted octanol–water partition coefficient (Wildman–Crippen LogP) is 2.21. The SMILES string of the molecule is CCCCOCCOCCOCCNC(C)CBr. The van der Waals surface area contributed by atoms with Crippen LogP contribution in [0.1, 0.15) is 26.7 Å². The molecule has 0 aliphatic heterocycles. The van der Waals surface area contributed by atoms with Crippen molar-refractivity contribution in [1.82, 2.24) is 5.32 Å². The van der Waals surface area contributed by atoms with E-state index in [0.717, 1.165) is 31.5 Å². The molecule has 0 radical (unpaired) electrons. The van der Waals surface area contributed by atoms with Crippen LogP contribution in [0.4, 0.5) is 0 Å². The zero-order valence-corrected chi connectivity index (χ0v) is 13.3. The van der Waals surface area contributed by atoms with Gasteiger partial charge in [0.15, 0.2) is 0 Å². The van der Waals surface area contributed by atoms with E-state index in [1.807, 2.05) is 0 Å². The minimum Gasteiger partial charge on any atom is -0.379 e. The van der Waals surface area contributed by atoms with Crippen molar-refractivity contribution < 1.29 is 14.2 Å². The largest absolute Gasteiger partial charge is 0.379 e. The van der Waals surface area contributed by atoms with E-state index in [0.29, 0.717) is 32.5 Å². The zero-order valence-electron chi connectivity index (χ0n) is 11.8. The first-order valence-electron chi connectivity index (χ1n) is 6.83. The van der Waals surface area contributed by atoms with E-state index in [9.17, 15) is 0 Å². The fraction of sp³-hybridized carbons (Fsp3) is 1.00. The lowest BCUT2D eigenvalue weighted by atomic mass is 10.4. The van der Waals surface area contributed by atoms with Crippen LogP contribution in [-0.4, -0.2) is 57.6 Å². The highest BCUT2D eigenvalue weighted by Gasteiger charge is 1.96. The van der Waals surface area contributed by atoms with E-state index in [1.165, 1.54) is 6.42 Å². The molecule has 0 aliphatic carbocycles. The van der Waals surface area contributed by atoms with Gasteiger partial charge in [0.05, 0.1) is 33.0 Å². The molecular formula is C13H28BrNO3. The van der Waals surface area contributed by atoms with Crippen LogP contribution < -0.4 is 5.32 Å². The van der Waals surface area contributed by atoms with Gasteiger partial charge in [-0.15, -0.1) is 0 Å². The molecule has 1 unspecified atom stereocenters. The number of nitrogens with one attached hydrogen (secondary N) is 1. The van der Waals surface area contributed by atoms with Gasteiger partial charge in [0.2, 0.25) is 0 Å². The normalized spacial score (nSPS) is 12.8. The van der Waals surface area contributed by atoms with Crippen LogP contribution in [0.2, 0.25) is 0 Å². The highest BCUT2D eigenvalue weighted by atomic mass is 79.9. The molecule has 0 rings (SSSR count). The van der Waals surface area contributed by atoms with Crippen LogP contribution >= 0.6 is 15.9 Å². The van der Waals surface area contributed by atoms with Gasteiger partial charge in [0, 0.05) is 24.5 Å². The van der Waals surface area contributed by atoms with Crippen molar-refractivity contribution in [3.8, 4) is 0 Å². The minimum atomic E-state index is 0.491. The molecule has 0 saturated carbocycles. The number of hydrogen-bond donors (Lipinski definition) is 1. The van der Waals surface area contributed by atoms with Crippen molar-refractivity contribution in [2.24, 2.45) is 0 Å². The summed E-state index contributed by atoms with van der Waals surface area (Å²) < 4.78 is 16.2. The Bertz CT molecular complexity index is 161. The Labute approximate surface area is 120 Å². The number of halogens is 1. The standard InChI is InChI=1S/C13H28BrNO3/c1-3-4-6-16-8-10-18-11-9-17-7-5-15-13(2)12-14/h13,15H,3-12H2,1-2H3. The number of ether oxygens (including phenoxy) is 3. The van der Waals surface area contributed by atoms with Crippen molar-refractivity contribution in [2.45, 2.75) is 32.7 Å². The van der Waals surface area contributed by atoms with Gasteiger partial charge in [-0.3, -0.25) is 0 Å². The summed E-state index contributed by atoms with van der Waals surface area (Å²) in [6, 6.07) is 0.491. The average molecular weight is 326 g/mol. The summed E-state index contributed by atoms with van der Waals surface area (Å²) in [6.45, 7) is 9.39. The van der Waals surface area contributed by atoms with Crippen LogP contribution in [0, 0.1) is 0 Å². The maximum Gasteiger partial charge on any atom is 0.0701 e. The smallest absolute Gasteiger partial charge is 0.0701 e. The van der Waals surface area contributed by atoms with Gasteiger partial charge in [-0.05, 0) is 13.3 Å². The van der Waals surface area contributed by atoms with E-state index in [4.69, 9.17) is 14.2 Å². The molecule has 110 valence electrons. The Hall–Kier alpha value is 0.320. The second kappa shape index (κ2) is 15.4. The van der Waals surface area contributed by atoms with Crippen LogP contribution in [0.5, 0.6) is 0 Å². The quantitative estimate of drug-likeness (QED) is 0.392. The fourth-order valence-corrected chi connectivity index (χ4v) is 1.45. The number of hydrogen-bond acceptors (Lipinski definition) is 4. The van der Waals surface area contributed by atoms with Crippen LogP contribution in [0.25, 0.3) is 0 Å². The van der Waals surface area contributed by atoms with Gasteiger partial charge in [-0.2, -0.15) is 0 Å². The van der Waals surface area contributed by atoms with Crippen LogP contribution in [0.3, 0.4) is 0 Å². The molecule has 5 heteroatoms. The van der Waals surface area contributed by atoms with Crippen molar-refractivity contribution in [1.29, 1.82) is 0 Å². The van der Waals surface area contributed by atoms with E-state index in [-0.39, 0.29) is 0 Å². The summed E-state index contributed by atoms with van der Waals surface area (Å²) in [4.78, 5) is 0. The van der Waals surface area contributed by atoms with Gasteiger partial charge < -0.3 is 19.5 Å². The van der Waals surface area contributed by atoms with E-state index >= 15 is 0 Å². The second-order valence-electron chi connectivity index (χ2n) is 4.20. The summed E-state index contributed by atoms with van der Waals surface area (Å²) in [6.07, 6.45) is 2.30. The third-order valence-electron chi connectivity index (χ3n) is 2.36. The molecule has 0 saturated heterocycles. The molecule has 0 heterocycles. The monoisotopic (exact) mass is 325 g/mol. The van der Waals surface area contributed by atoms with Crippen molar-refractivity contribution in [3.63, 3.8) is 0 Å². The zero-order chi connectivity index (χ0) is 13.5. The molecule has 1 atom stereocenters. The Morgan fingerprint density at radius 2 is 1.50 bits per heavy atom. The molecular weight excluding hydrogens is 298 g/mol. The highest BCUT2D eigenvalue weighted by Crippen LogP contribution is 1.89. The molecule has 4 nitrogen and oxygen atoms in total. The molecule has 0 aromatic carbocycles. The Morgan fingerprint density at radius 3 is 2.06 bits per heavy atom. The number of rotatable bonds is 14. The number of unbranched alkanes of at least 4 members (excludes halogenated alkanes) is 1. The minimum absolute atomic E-state index is 0.491.